The summed E-state index contributed by atoms with van der Waals surface area (Å²) in [7, 11) is -3.78. The lowest BCUT2D eigenvalue weighted by molar-refractivity contribution is -0.146. The second kappa shape index (κ2) is 5.26. The molecule has 0 heterocycles. The molecule has 0 aliphatic carbocycles. The molecule has 0 spiro atoms. The molecule has 1 aromatic rings. The van der Waals surface area contributed by atoms with Crippen molar-refractivity contribution < 1.29 is 23.4 Å². The highest BCUT2D eigenvalue weighted by atomic mass is 32.2. The number of aliphatic hydroxyl groups excluding tert-OH is 1. The molecule has 0 radical (unpaired) electrons. The summed E-state index contributed by atoms with van der Waals surface area (Å²) in [5, 5.41) is 17.4. The molecule has 1 unspecified atom stereocenters. The number of aliphatic carboxylic acids is 1. The van der Waals surface area contributed by atoms with E-state index in [1.54, 1.807) is 12.1 Å². The normalized spacial score (nSPS) is 13.3. The number of aryl methyl sites for hydroxylation is 1. The summed E-state index contributed by atoms with van der Waals surface area (Å²) < 4.78 is 25.3. The average molecular weight is 259 g/mol. The number of rotatable bonds is 5. The first-order valence-electron chi connectivity index (χ1n) is 4.80. The topological polar surface area (TPSA) is 104 Å². The smallest absolute Gasteiger partial charge is 0.333 e. The molecule has 0 saturated carbocycles. The Bertz CT molecular complexity index is 494. The predicted molar refractivity (Wildman–Crippen MR) is 60.0 cm³/mol. The Kier molecular flexibility index (Phi) is 4.22. The molecule has 0 aliphatic heterocycles. The van der Waals surface area contributed by atoms with Gasteiger partial charge in [0.1, 0.15) is 0 Å². The minimum absolute atomic E-state index is 0.0284. The zero-order valence-electron chi connectivity index (χ0n) is 9.12. The summed E-state index contributed by atoms with van der Waals surface area (Å²) in [6.07, 6.45) is -1.75. The van der Waals surface area contributed by atoms with Crippen molar-refractivity contribution in [3.05, 3.63) is 29.8 Å². The third-order valence-electron chi connectivity index (χ3n) is 2.08. The highest BCUT2D eigenvalue weighted by Gasteiger charge is 2.19. The van der Waals surface area contributed by atoms with Crippen LogP contribution in [-0.4, -0.2) is 37.2 Å². The summed E-state index contributed by atoms with van der Waals surface area (Å²) in [5.74, 6) is -1.48. The molecule has 94 valence electrons. The van der Waals surface area contributed by atoms with E-state index in [1.165, 1.54) is 12.1 Å². The van der Waals surface area contributed by atoms with E-state index in [9.17, 15) is 13.2 Å². The quantitative estimate of drug-likeness (QED) is 0.674. The van der Waals surface area contributed by atoms with E-state index in [0.29, 0.717) is 0 Å². The van der Waals surface area contributed by atoms with Crippen molar-refractivity contribution in [2.45, 2.75) is 17.9 Å². The maximum Gasteiger partial charge on any atom is 0.333 e. The maximum atomic E-state index is 11.7. The minimum atomic E-state index is -3.78. The van der Waals surface area contributed by atoms with Gasteiger partial charge in [-0.2, -0.15) is 0 Å². The standard InChI is InChI=1S/C10H13NO5S/c1-7-2-4-8(5-3-7)17(15,16)11-6-9(12)10(13)14/h2-5,9,11-12H,6H2,1H3,(H,13,14). The van der Waals surface area contributed by atoms with Crippen LogP contribution >= 0.6 is 0 Å². The van der Waals surface area contributed by atoms with Crippen LogP contribution in [0.5, 0.6) is 0 Å². The van der Waals surface area contributed by atoms with Crippen LogP contribution in [0.25, 0.3) is 0 Å². The molecular weight excluding hydrogens is 246 g/mol. The Morgan fingerprint density at radius 3 is 2.35 bits per heavy atom. The number of carboxylic acid groups (broad SMARTS) is 1. The van der Waals surface area contributed by atoms with E-state index >= 15 is 0 Å². The van der Waals surface area contributed by atoms with Gasteiger partial charge in [-0.15, -0.1) is 0 Å². The molecule has 6 nitrogen and oxygen atoms in total. The molecule has 17 heavy (non-hydrogen) atoms. The van der Waals surface area contributed by atoms with Crippen LogP contribution in [0.15, 0.2) is 29.2 Å². The highest BCUT2D eigenvalue weighted by molar-refractivity contribution is 7.89. The van der Waals surface area contributed by atoms with E-state index in [4.69, 9.17) is 10.2 Å². The molecule has 1 aromatic carbocycles. The van der Waals surface area contributed by atoms with Crippen LogP contribution in [0.3, 0.4) is 0 Å². The number of hydrogen-bond acceptors (Lipinski definition) is 4. The van der Waals surface area contributed by atoms with Gasteiger partial charge in [-0.25, -0.2) is 17.9 Å². The van der Waals surface area contributed by atoms with Gasteiger partial charge in [0.25, 0.3) is 0 Å². The third-order valence-corrected chi connectivity index (χ3v) is 3.52. The number of carbonyl (C=O) groups is 1. The lowest BCUT2D eigenvalue weighted by atomic mass is 10.2. The predicted octanol–water partition coefficient (Wildman–Crippen LogP) is -0.281. The van der Waals surface area contributed by atoms with Crippen LogP contribution in [0.1, 0.15) is 5.56 Å². The van der Waals surface area contributed by atoms with Gasteiger partial charge in [-0.1, -0.05) is 17.7 Å². The van der Waals surface area contributed by atoms with Crippen LogP contribution in [-0.2, 0) is 14.8 Å². The molecule has 0 amide bonds. The van der Waals surface area contributed by atoms with Crippen LogP contribution in [0, 0.1) is 6.92 Å². The van der Waals surface area contributed by atoms with Gasteiger partial charge < -0.3 is 10.2 Å². The van der Waals surface area contributed by atoms with E-state index in [1.807, 2.05) is 11.6 Å². The van der Waals surface area contributed by atoms with E-state index in [-0.39, 0.29) is 4.90 Å². The molecule has 0 aromatic heterocycles. The van der Waals surface area contributed by atoms with Crippen molar-refractivity contribution in [3.63, 3.8) is 0 Å². The number of nitrogens with one attached hydrogen (secondary N) is 1. The third kappa shape index (κ3) is 3.81. The summed E-state index contributed by atoms with van der Waals surface area (Å²) in [6.45, 7) is 1.25. The molecule has 0 aliphatic rings. The first kappa shape index (κ1) is 13.6. The Labute approximate surface area is 99.0 Å². The zero-order valence-corrected chi connectivity index (χ0v) is 9.94. The van der Waals surface area contributed by atoms with Crippen LogP contribution < -0.4 is 4.72 Å². The van der Waals surface area contributed by atoms with Gasteiger partial charge in [0.05, 0.1) is 4.90 Å². The fourth-order valence-corrected chi connectivity index (χ4v) is 2.12. The lowest BCUT2D eigenvalue weighted by Gasteiger charge is -2.08. The highest BCUT2D eigenvalue weighted by Crippen LogP contribution is 2.09. The first-order chi connectivity index (χ1) is 7.83. The molecule has 1 atom stereocenters. The summed E-state index contributed by atoms with van der Waals surface area (Å²) in [5.41, 5.74) is 0.912. The van der Waals surface area contributed by atoms with Crippen LogP contribution in [0.2, 0.25) is 0 Å². The maximum absolute atomic E-state index is 11.7. The largest absolute Gasteiger partial charge is 0.479 e. The number of carboxylic acids is 1. The fourth-order valence-electron chi connectivity index (χ4n) is 1.08. The number of aliphatic hydroxyl groups is 1. The number of benzene rings is 1. The Morgan fingerprint density at radius 1 is 1.35 bits per heavy atom. The molecule has 1 rings (SSSR count). The summed E-state index contributed by atoms with van der Waals surface area (Å²) in [6, 6.07) is 6.07. The minimum Gasteiger partial charge on any atom is -0.479 e. The molecular formula is C10H13NO5S. The van der Waals surface area contributed by atoms with E-state index in [0.717, 1.165) is 5.56 Å². The van der Waals surface area contributed by atoms with Crippen molar-refractivity contribution in [2.75, 3.05) is 6.54 Å². The molecule has 0 saturated heterocycles. The lowest BCUT2D eigenvalue weighted by Crippen LogP contribution is -2.36. The van der Waals surface area contributed by atoms with Gasteiger partial charge >= 0.3 is 5.97 Å². The van der Waals surface area contributed by atoms with Gasteiger partial charge in [0.15, 0.2) is 6.10 Å². The Balaban J connectivity index is 2.76. The average Bonchev–Trinajstić information content (AvgIpc) is 2.26. The van der Waals surface area contributed by atoms with Crippen molar-refractivity contribution in [2.24, 2.45) is 0 Å². The second-order valence-corrected chi connectivity index (χ2v) is 5.29. The first-order valence-corrected chi connectivity index (χ1v) is 6.28. The molecule has 7 heteroatoms. The van der Waals surface area contributed by atoms with E-state index < -0.39 is 28.6 Å². The van der Waals surface area contributed by atoms with Gasteiger partial charge in [0, 0.05) is 6.54 Å². The van der Waals surface area contributed by atoms with Crippen molar-refractivity contribution in [3.8, 4) is 0 Å². The van der Waals surface area contributed by atoms with Crippen molar-refractivity contribution in [1.82, 2.24) is 4.72 Å². The number of hydrogen-bond donors (Lipinski definition) is 3. The monoisotopic (exact) mass is 259 g/mol. The van der Waals surface area contributed by atoms with E-state index in [2.05, 4.69) is 0 Å². The number of sulfonamides is 1. The summed E-state index contributed by atoms with van der Waals surface area (Å²) in [4.78, 5) is 10.3. The Hall–Kier alpha value is -1.44. The Morgan fingerprint density at radius 2 is 1.88 bits per heavy atom. The molecule has 3 N–H and O–H groups in total. The second-order valence-electron chi connectivity index (χ2n) is 3.52. The fraction of sp³-hybridized carbons (Fsp3) is 0.300. The van der Waals surface area contributed by atoms with Crippen molar-refractivity contribution >= 4 is 16.0 Å². The van der Waals surface area contributed by atoms with Gasteiger partial charge in [-0.05, 0) is 19.1 Å². The van der Waals surface area contributed by atoms with Crippen molar-refractivity contribution in [1.29, 1.82) is 0 Å². The summed E-state index contributed by atoms with van der Waals surface area (Å²) >= 11 is 0. The van der Waals surface area contributed by atoms with Gasteiger partial charge in [0.2, 0.25) is 10.0 Å². The molecule has 0 bridgehead atoms. The molecule has 0 fully saturated rings. The zero-order chi connectivity index (χ0) is 13.1. The van der Waals surface area contributed by atoms with Crippen LogP contribution in [0.4, 0.5) is 0 Å². The van der Waals surface area contributed by atoms with Gasteiger partial charge in [-0.3, -0.25) is 0 Å². The SMILES string of the molecule is Cc1ccc(S(=O)(=O)NCC(O)C(=O)O)cc1.